The number of carbonyl (C=O) groups is 2. The summed E-state index contributed by atoms with van der Waals surface area (Å²) in [6.07, 6.45) is 1.78. The van der Waals surface area contributed by atoms with Crippen molar-refractivity contribution < 1.29 is 18.0 Å². The van der Waals surface area contributed by atoms with Gasteiger partial charge in [0.1, 0.15) is 12.6 Å². The summed E-state index contributed by atoms with van der Waals surface area (Å²) in [5.41, 5.74) is 2.59. The molecule has 1 N–H and O–H groups in total. The third kappa shape index (κ3) is 7.35. The summed E-state index contributed by atoms with van der Waals surface area (Å²) in [7, 11) is -3.80. The monoisotopic (exact) mass is 527 g/mol. The molecular weight excluding hydrogens is 497 g/mol. The molecule has 0 heterocycles. The van der Waals surface area contributed by atoms with Crippen LogP contribution in [0.3, 0.4) is 0 Å². The average Bonchev–Trinajstić information content (AvgIpc) is 2.73. The fourth-order valence-electron chi connectivity index (χ4n) is 3.54. The van der Waals surface area contributed by atoms with E-state index in [1.807, 2.05) is 26.8 Å². The Morgan fingerprint density at radius 3 is 2.12 bits per heavy atom. The molecule has 2 rings (SSSR count). The summed E-state index contributed by atoms with van der Waals surface area (Å²) in [4.78, 5) is 27.6. The topological polar surface area (TPSA) is 86.8 Å². The zero-order valence-electron chi connectivity index (χ0n) is 20.1. The van der Waals surface area contributed by atoms with Crippen LogP contribution in [-0.2, 0) is 26.2 Å². The van der Waals surface area contributed by atoms with E-state index in [4.69, 9.17) is 23.2 Å². The van der Waals surface area contributed by atoms with Crippen LogP contribution < -0.4 is 9.62 Å². The van der Waals surface area contributed by atoms with Crippen LogP contribution in [0.2, 0.25) is 10.0 Å². The minimum atomic E-state index is -3.80. The summed E-state index contributed by atoms with van der Waals surface area (Å²) in [5.74, 6) is -0.907. The lowest BCUT2D eigenvalue weighted by molar-refractivity contribution is -0.139. The quantitative estimate of drug-likeness (QED) is 0.498. The molecule has 2 aromatic carbocycles. The van der Waals surface area contributed by atoms with Crippen molar-refractivity contribution in [2.75, 3.05) is 23.7 Å². The van der Waals surface area contributed by atoms with Gasteiger partial charge in [0, 0.05) is 28.7 Å². The van der Waals surface area contributed by atoms with Crippen molar-refractivity contribution in [1.29, 1.82) is 0 Å². The van der Waals surface area contributed by atoms with Gasteiger partial charge < -0.3 is 10.2 Å². The minimum Gasteiger partial charge on any atom is -0.354 e. The molecular formula is C24H31Cl2N3O4S. The number of sulfonamides is 1. The van der Waals surface area contributed by atoms with Crippen LogP contribution in [0.4, 0.5) is 5.69 Å². The van der Waals surface area contributed by atoms with E-state index >= 15 is 0 Å². The maximum atomic E-state index is 13.5. The minimum absolute atomic E-state index is 0.0531. The molecule has 0 saturated carbocycles. The molecule has 0 aliphatic carbocycles. The molecule has 10 heteroatoms. The van der Waals surface area contributed by atoms with Crippen LogP contribution in [0, 0.1) is 13.8 Å². The number of halogens is 2. The van der Waals surface area contributed by atoms with Crippen LogP contribution >= 0.6 is 23.2 Å². The number of carbonyl (C=O) groups excluding carboxylic acids is 2. The highest BCUT2D eigenvalue weighted by atomic mass is 35.5. The third-order valence-electron chi connectivity index (χ3n) is 5.28. The van der Waals surface area contributed by atoms with Gasteiger partial charge in [0.25, 0.3) is 0 Å². The van der Waals surface area contributed by atoms with Crippen molar-refractivity contribution in [3.05, 3.63) is 63.1 Å². The van der Waals surface area contributed by atoms with E-state index in [2.05, 4.69) is 5.32 Å². The Hall–Kier alpha value is -2.29. The van der Waals surface area contributed by atoms with Crippen molar-refractivity contribution in [3.63, 3.8) is 0 Å². The number of aryl methyl sites for hydroxylation is 2. The first kappa shape index (κ1) is 28.0. The van der Waals surface area contributed by atoms with E-state index in [0.29, 0.717) is 27.8 Å². The maximum Gasteiger partial charge on any atom is 0.244 e. The Balaban J connectivity index is 2.46. The highest BCUT2D eigenvalue weighted by Crippen LogP contribution is 2.27. The van der Waals surface area contributed by atoms with E-state index in [1.165, 1.54) is 4.90 Å². The Kier molecular flexibility index (Phi) is 9.79. The summed E-state index contributed by atoms with van der Waals surface area (Å²) in [6.45, 7) is 7.14. The summed E-state index contributed by atoms with van der Waals surface area (Å²) >= 11 is 12.7. The maximum absolute atomic E-state index is 13.5. The zero-order valence-corrected chi connectivity index (χ0v) is 22.4. The normalized spacial score (nSPS) is 12.2. The molecule has 186 valence electrons. The molecule has 0 radical (unpaired) electrons. The fourth-order valence-corrected chi connectivity index (χ4v) is 4.89. The summed E-state index contributed by atoms with van der Waals surface area (Å²) in [5, 5.41) is 3.48. The van der Waals surface area contributed by atoms with Crippen molar-refractivity contribution in [2.24, 2.45) is 0 Å². The average molecular weight is 529 g/mol. The Labute approximate surface area is 212 Å². The lowest BCUT2D eigenvalue weighted by Crippen LogP contribution is -2.51. The number of nitrogens with zero attached hydrogens (tertiary/aromatic N) is 2. The van der Waals surface area contributed by atoms with Gasteiger partial charge in [-0.3, -0.25) is 13.9 Å². The smallest absolute Gasteiger partial charge is 0.244 e. The standard InChI is InChI=1S/C24H31Cl2N3O4S/c1-6-10-27-24(31)18(4)28(14-20-21(25)8-7-9-22(20)26)23(30)15-29(34(5,32)33)19-12-16(2)11-17(3)13-19/h7-9,11-13,18H,6,10,14-15H2,1-5H3,(H,27,31)/t18-/m0/s1. The lowest BCUT2D eigenvalue weighted by atomic mass is 10.1. The molecule has 0 fully saturated rings. The molecule has 0 unspecified atom stereocenters. The van der Waals surface area contributed by atoms with Gasteiger partial charge in [-0.05, 0) is 62.6 Å². The van der Waals surface area contributed by atoms with Gasteiger partial charge >= 0.3 is 0 Å². The number of hydrogen-bond acceptors (Lipinski definition) is 4. The predicted octanol–water partition coefficient (Wildman–Crippen LogP) is 4.32. The van der Waals surface area contributed by atoms with Crippen LogP contribution in [-0.4, -0.2) is 50.5 Å². The molecule has 34 heavy (non-hydrogen) atoms. The second kappa shape index (κ2) is 11.9. The Morgan fingerprint density at radius 2 is 1.62 bits per heavy atom. The highest BCUT2D eigenvalue weighted by molar-refractivity contribution is 7.92. The van der Waals surface area contributed by atoms with Gasteiger partial charge in [-0.2, -0.15) is 0 Å². The first-order valence-electron chi connectivity index (χ1n) is 10.9. The van der Waals surface area contributed by atoms with Crippen molar-refractivity contribution >= 4 is 50.7 Å². The van der Waals surface area contributed by atoms with Gasteiger partial charge in [0.15, 0.2) is 0 Å². The number of nitrogens with one attached hydrogen (secondary N) is 1. The molecule has 1 atom stereocenters. The third-order valence-corrected chi connectivity index (χ3v) is 7.13. The van der Waals surface area contributed by atoms with E-state index in [9.17, 15) is 18.0 Å². The Morgan fingerprint density at radius 1 is 1.06 bits per heavy atom. The molecule has 0 saturated heterocycles. The van der Waals surface area contributed by atoms with Crippen LogP contribution in [0.1, 0.15) is 37.0 Å². The zero-order chi connectivity index (χ0) is 25.6. The van der Waals surface area contributed by atoms with Crippen LogP contribution in [0.25, 0.3) is 0 Å². The second-order valence-corrected chi connectivity index (χ2v) is 11.0. The lowest BCUT2D eigenvalue weighted by Gasteiger charge is -2.32. The van der Waals surface area contributed by atoms with E-state index in [-0.39, 0.29) is 12.5 Å². The SMILES string of the molecule is CCCNC(=O)[C@H](C)N(Cc1c(Cl)cccc1Cl)C(=O)CN(c1cc(C)cc(C)c1)S(C)(=O)=O. The Bertz CT molecular complexity index is 1110. The largest absolute Gasteiger partial charge is 0.354 e. The number of benzene rings is 2. The van der Waals surface area contributed by atoms with Gasteiger partial charge in [0.05, 0.1) is 11.9 Å². The molecule has 0 aliphatic heterocycles. The molecule has 0 bridgehead atoms. The van der Waals surface area contributed by atoms with Crippen molar-refractivity contribution in [1.82, 2.24) is 10.2 Å². The number of amides is 2. The first-order valence-corrected chi connectivity index (χ1v) is 13.5. The molecule has 0 spiro atoms. The number of rotatable bonds is 10. The molecule has 2 amide bonds. The van der Waals surface area contributed by atoms with Crippen LogP contribution in [0.15, 0.2) is 36.4 Å². The molecule has 0 aromatic heterocycles. The second-order valence-electron chi connectivity index (χ2n) is 8.30. The number of hydrogen-bond donors (Lipinski definition) is 1. The molecule has 2 aromatic rings. The van der Waals surface area contributed by atoms with Gasteiger partial charge in [-0.25, -0.2) is 8.42 Å². The molecule has 0 aliphatic rings. The fraction of sp³-hybridized carbons (Fsp3) is 0.417. The van der Waals surface area contributed by atoms with Crippen molar-refractivity contribution in [2.45, 2.75) is 46.7 Å². The van der Waals surface area contributed by atoms with E-state index in [1.54, 1.807) is 37.3 Å². The van der Waals surface area contributed by atoms with Crippen molar-refractivity contribution in [3.8, 4) is 0 Å². The van der Waals surface area contributed by atoms with Gasteiger partial charge in [-0.1, -0.05) is 42.3 Å². The van der Waals surface area contributed by atoms with E-state index < -0.39 is 28.5 Å². The summed E-state index contributed by atoms with van der Waals surface area (Å²) in [6, 6.07) is 9.41. The summed E-state index contributed by atoms with van der Waals surface area (Å²) < 4.78 is 26.4. The number of anilines is 1. The molecule has 7 nitrogen and oxygen atoms in total. The van der Waals surface area contributed by atoms with Gasteiger partial charge in [-0.15, -0.1) is 0 Å². The predicted molar refractivity (Wildman–Crippen MR) is 138 cm³/mol. The van der Waals surface area contributed by atoms with Crippen LogP contribution in [0.5, 0.6) is 0 Å². The van der Waals surface area contributed by atoms with E-state index in [0.717, 1.165) is 28.1 Å². The first-order chi connectivity index (χ1) is 15.8. The highest BCUT2D eigenvalue weighted by Gasteiger charge is 2.31. The van der Waals surface area contributed by atoms with Gasteiger partial charge in [0.2, 0.25) is 21.8 Å².